The van der Waals surface area contributed by atoms with Gasteiger partial charge >= 0.3 is 0 Å². The van der Waals surface area contributed by atoms with Crippen LogP contribution in [-0.2, 0) is 9.47 Å². The smallest absolute Gasteiger partial charge is 0.212 e. The van der Waals surface area contributed by atoms with Crippen molar-refractivity contribution >= 4 is 50.9 Å². The van der Waals surface area contributed by atoms with Crippen molar-refractivity contribution in [1.29, 1.82) is 0 Å². The third-order valence-corrected chi connectivity index (χ3v) is 10.0. The number of hydrogen-bond acceptors (Lipinski definition) is 10. The highest BCUT2D eigenvalue weighted by Gasteiger charge is 2.21. The van der Waals surface area contributed by atoms with Crippen LogP contribution >= 0.6 is 11.6 Å². The molecular weight excluding hydrogens is 724 g/mol. The first-order valence-corrected chi connectivity index (χ1v) is 18.4. The zero-order chi connectivity index (χ0) is 38.5. The summed E-state index contributed by atoms with van der Waals surface area (Å²) in [6, 6.07) is 21.5. The van der Waals surface area contributed by atoms with Gasteiger partial charge in [-0.2, -0.15) is 0 Å². The highest BCUT2D eigenvalue weighted by molar-refractivity contribution is 6.33. The molecule has 6 aromatic rings. The molecule has 0 aliphatic carbocycles. The molecular formula is C42H42ClF2N7O3. The molecule has 2 aliphatic rings. The van der Waals surface area contributed by atoms with E-state index >= 15 is 4.39 Å². The molecule has 284 valence electrons. The SMILES string of the molecule is COc1ccc(-c2ccc(N3CCOCC3)cc2Nc2c(C)c(-c3cc(C)ccn3)nc3cc(F)cc(F)c23)cn1.Nc1cc(N2CCOCC2)ccc1Cl. The number of anilines is 5. The van der Waals surface area contributed by atoms with Crippen molar-refractivity contribution in [2.75, 3.05) is 80.6 Å². The van der Waals surface area contributed by atoms with E-state index < -0.39 is 11.6 Å². The second kappa shape index (κ2) is 16.8. The van der Waals surface area contributed by atoms with Gasteiger partial charge in [-0.1, -0.05) is 17.7 Å². The number of methoxy groups -OCH3 is 1. The molecule has 2 saturated heterocycles. The van der Waals surface area contributed by atoms with Gasteiger partial charge in [-0.05, 0) is 67.9 Å². The van der Waals surface area contributed by atoms with E-state index in [1.54, 1.807) is 25.6 Å². The van der Waals surface area contributed by atoms with Crippen molar-refractivity contribution < 1.29 is 23.0 Å². The molecule has 2 aliphatic heterocycles. The highest BCUT2D eigenvalue weighted by atomic mass is 35.5. The number of benzene rings is 3. The van der Waals surface area contributed by atoms with Gasteiger partial charge in [0.2, 0.25) is 5.88 Å². The predicted molar refractivity (Wildman–Crippen MR) is 216 cm³/mol. The minimum absolute atomic E-state index is 0.200. The molecule has 55 heavy (non-hydrogen) atoms. The molecule has 3 aromatic carbocycles. The van der Waals surface area contributed by atoms with E-state index in [0.717, 1.165) is 79.2 Å². The van der Waals surface area contributed by atoms with Gasteiger partial charge in [0, 0.05) is 90.5 Å². The van der Waals surface area contributed by atoms with Crippen molar-refractivity contribution in [2.24, 2.45) is 0 Å². The standard InChI is InChI=1S/C32H29F2N5O2.C10H13ClN2O/c1-19-8-9-35-28(14-19)31-20(2)32(30-25(34)15-22(33)16-27(30)38-31)37-26-17-23(39-10-12-41-13-11-39)5-6-24(26)21-4-7-29(40-3)36-18-21;11-9-2-1-8(7-10(9)12)13-3-5-14-6-4-13/h4-9,14-18H,10-13H2,1-3H3,(H,37,38);1-2,7H,3-6,12H2. The molecule has 0 unspecified atom stereocenters. The fraction of sp³-hybridized carbons (Fsp3) is 0.262. The van der Waals surface area contributed by atoms with Gasteiger partial charge in [0.25, 0.3) is 0 Å². The Bertz CT molecular complexity index is 2300. The van der Waals surface area contributed by atoms with Crippen molar-refractivity contribution in [2.45, 2.75) is 13.8 Å². The first kappa shape index (κ1) is 37.7. The Morgan fingerprint density at radius 2 is 1.51 bits per heavy atom. The lowest BCUT2D eigenvalue weighted by Crippen LogP contribution is -2.36. The molecule has 2 fully saturated rings. The van der Waals surface area contributed by atoms with Gasteiger partial charge in [0.1, 0.15) is 11.6 Å². The number of aromatic nitrogens is 3. The maximum absolute atomic E-state index is 15.5. The molecule has 0 atom stereocenters. The Hall–Kier alpha value is -5.56. The van der Waals surface area contributed by atoms with E-state index in [-0.39, 0.29) is 10.9 Å². The van der Waals surface area contributed by atoms with Crippen LogP contribution in [0.5, 0.6) is 5.88 Å². The molecule has 0 radical (unpaired) electrons. The summed E-state index contributed by atoms with van der Waals surface area (Å²) >= 11 is 5.85. The number of morpholine rings is 2. The summed E-state index contributed by atoms with van der Waals surface area (Å²) in [5.41, 5.74) is 14.5. The first-order chi connectivity index (χ1) is 26.7. The van der Waals surface area contributed by atoms with E-state index in [9.17, 15) is 4.39 Å². The van der Waals surface area contributed by atoms with Gasteiger partial charge in [0.15, 0.2) is 0 Å². The Labute approximate surface area is 323 Å². The summed E-state index contributed by atoms with van der Waals surface area (Å²) in [6.07, 6.45) is 3.44. The minimum Gasteiger partial charge on any atom is -0.481 e. The third kappa shape index (κ3) is 8.57. The van der Waals surface area contributed by atoms with Crippen LogP contribution in [0, 0.1) is 25.5 Å². The lowest BCUT2D eigenvalue weighted by atomic mass is 10.0. The van der Waals surface area contributed by atoms with Crippen molar-refractivity contribution in [3.05, 3.63) is 113 Å². The number of nitrogens with zero attached hydrogens (tertiary/aromatic N) is 5. The predicted octanol–water partition coefficient (Wildman–Crippen LogP) is 8.60. The fourth-order valence-electron chi connectivity index (χ4n) is 6.73. The fourth-order valence-corrected chi connectivity index (χ4v) is 6.84. The zero-order valence-corrected chi connectivity index (χ0v) is 31.7. The number of nitrogens with one attached hydrogen (secondary N) is 1. The second-order valence-electron chi connectivity index (χ2n) is 13.3. The normalized spacial score (nSPS) is 14.4. The largest absolute Gasteiger partial charge is 0.481 e. The Morgan fingerprint density at radius 1 is 0.818 bits per heavy atom. The molecule has 8 rings (SSSR count). The van der Waals surface area contributed by atoms with Gasteiger partial charge in [-0.15, -0.1) is 0 Å². The molecule has 5 heterocycles. The lowest BCUT2D eigenvalue weighted by molar-refractivity contribution is 0.122. The summed E-state index contributed by atoms with van der Waals surface area (Å²) < 4.78 is 46.0. The van der Waals surface area contributed by atoms with Crippen LogP contribution in [0.3, 0.4) is 0 Å². The van der Waals surface area contributed by atoms with Crippen LogP contribution < -0.4 is 25.6 Å². The number of rotatable bonds is 7. The van der Waals surface area contributed by atoms with Crippen LogP contribution in [-0.4, -0.2) is 74.7 Å². The van der Waals surface area contributed by atoms with Gasteiger partial charge in [-0.25, -0.2) is 18.7 Å². The van der Waals surface area contributed by atoms with Gasteiger partial charge in [0.05, 0.1) is 72.2 Å². The summed E-state index contributed by atoms with van der Waals surface area (Å²) in [6.45, 7) is 10.0. The monoisotopic (exact) mass is 765 g/mol. The number of fused-ring (bicyclic) bond motifs is 1. The maximum atomic E-state index is 15.5. The quantitative estimate of drug-likeness (QED) is 0.153. The molecule has 10 nitrogen and oxygen atoms in total. The van der Waals surface area contributed by atoms with E-state index in [4.69, 9.17) is 31.5 Å². The van der Waals surface area contributed by atoms with Crippen molar-refractivity contribution in [3.8, 4) is 28.4 Å². The molecule has 0 bridgehead atoms. The number of nitrogens with two attached hydrogens (primary N) is 1. The highest BCUT2D eigenvalue weighted by Crippen LogP contribution is 2.40. The number of hydrogen-bond donors (Lipinski definition) is 2. The van der Waals surface area contributed by atoms with E-state index in [1.165, 1.54) is 6.07 Å². The van der Waals surface area contributed by atoms with Crippen molar-refractivity contribution in [3.63, 3.8) is 0 Å². The van der Waals surface area contributed by atoms with Crippen LogP contribution in [0.15, 0.2) is 85.2 Å². The average Bonchev–Trinajstić information content (AvgIpc) is 3.20. The third-order valence-electron chi connectivity index (χ3n) is 9.66. The number of aryl methyl sites for hydroxylation is 1. The molecule has 3 aromatic heterocycles. The van der Waals surface area contributed by atoms with E-state index in [0.29, 0.717) is 52.4 Å². The number of ether oxygens (including phenoxy) is 3. The summed E-state index contributed by atoms with van der Waals surface area (Å²) in [5.74, 6) is -0.887. The van der Waals surface area contributed by atoms with Crippen LogP contribution in [0.4, 0.5) is 37.2 Å². The Kier molecular flexibility index (Phi) is 11.6. The number of halogens is 3. The molecule has 0 amide bonds. The minimum atomic E-state index is -0.696. The summed E-state index contributed by atoms with van der Waals surface area (Å²) in [7, 11) is 1.57. The second-order valence-corrected chi connectivity index (χ2v) is 13.7. The number of nitrogen functional groups attached to an aromatic ring is 1. The summed E-state index contributed by atoms with van der Waals surface area (Å²) in [4.78, 5) is 18.1. The van der Waals surface area contributed by atoms with Crippen LogP contribution in [0.25, 0.3) is 33.4 Å². The first-order valence-electron chi connectivity index (χ1n) is 18.0. The van der Waals surface area contributed by atoms with Gasteiger partial charge in [-0.3, -0.25) is 4.98 Å². The topological polar surface area (TPSA) is 111 Å². The lowest BCUT2D eigenvalue weighted by Gasteiger charge is -2.30. The molecule has 13 heteroatoms. The Morgan fingerprint density at radius 3 is 2.15 bits per heavy atom. The van der Waals surface area contributed by atoms with Crippen LogP contribution in [0.2, 0.25) is 5.02 Å². The van der Waals surface area contributed by atoms with E-state index in [2.05, 4.69) is 36.1 Å². The number of pyridine rings is 3. The average molecular weight is 766 g/mol. The van der Waals surface area contributed by atoms with Crippen LogP contribution in [0.1, 0.15) is 11.1 Å². The molecule has 0 spiro atoms. The van der Waals surface area contributed by atoms with Crippen molar-refractivity contribution in [1.82, 2.24) is 15.0 Å². The molecule has 0 saturated carbocycles. The molecule has 3 N–H and O–H groups in total. The Balaban J connectivity index is 0.000000278. The zero-order valence-electron chi connectivity index (χ0n) is 30.9. The van der Waals surface area contributed by atoms with E-state index in [1.807, 2.05) is 62.4 Å². The van der Waals surface area contributed by atoms with Gasteiger partial charge < -0.3 is 35.1 Å². The summed E-state index contributed by atoms with van der Waals surface area (Å²) in [5, 5.41) is 4.35. The maximum Gasteiger partial charge on any atom is 0.212 e.